The maximum atomic E-state index is 11.6. The number of amides is 1. The number of carbonyl (C=O) groups excluding carboxylic acids is 1. The molecule has 0 aliphatic carbocycles. The molecule has 3 aromatic rings. The zero-order chi connectivity index (χ0) is 20.3. The van der Waals surface area contributed by atoms with E-state index in [4.69, 9.17) is 14.7 Å². The Balaban J connectivity index is 1.48. The molecular formula is C24H24N2O3. The van der Waals surface area contributed by atoms with Crippen LogP contribution in [0.1, 0.15) is 24.0 Å². The Morgan fingerprint density at radius 2 is 1.72 bits per heavy atom. The average molecular weight is 388 g/mol. The summed E-state index contributed by atoms with van der Waals surface area (Å²) < 4.78 is 10.8. The van der Waals surface area contributed by atoms with Gasteiger partial charge in [0.1, 0.15) is 12.4 Å². The van der Waals surface area contributed by atoms with Gasteiger partial charge in [-0.25, -0.2) is 4.79 Å². The highest BCUT2D eigenvalue weighted by atomic mass is 16.5. The third-order valence-electron chi connectivity index (χ3n) is 4.48. The van der Waals surface area contributed by atoms with Gasteiger partial charge in [0.05, 0.1) is 19.1 Å². The molecular weight excluding hydrogens is 364 g/mol. The molecule has 0 radical (unpaired) electrons. The summed E-state index contributed by atoms with van der Waals surface area (Å²) in [7, 11) is 0. The van der Waals surface area contributed by atoms with E-state index in [1.807, 2.05) is 48.5 Å². The lowest BCUT2D eigenvalue weighted by Gasteiger charge is -2.09. The lowest BCUT2D eigenvalue weighted by atomic mass is 10.1. The minimum atomic E-state index is -0.514. The van der Waals surface area contributed by atoms with E-state index < -0.39 is 6.09 Å². The van der Waals surface area contributed by atoms with Crippen molar-refractivity contribution < 1.29 is 14.3 Å². The Morgan fingerprint density at radius 1 is 0.931 bits per heavy atom. The number of nitrogens with zero attached hydrogens (tertiary/aromatic N) is 1. The molecule has 5 heteroatoms. The van der Waals surface area contributed by atoms with Gasteiger partial charge >= 0.3 is 6.09 Å². The van der Waals surface area contributed by atoms with Crippen LogP contribution < -0.4 is 10.1 Å². The number of carbonyl (C=O) groups is 1. The molecule has 0 fully saturated rings. The van der Waals surface area contributed by atoms with E-state index in [2.05, 4.69) is 29.6 Å². The summed E-state index contributed by atoms with van der Waals surface area (Å²) in [6, 6.07) is 24.4. The molecule has 148 valence electrons. The van der Waals surface area contributed by atoms with Crippen molar-refractivity contribution in [2.45, 2.75) is 25.8 Å². The molecule has 0 unspecified atom stereocenters. The van der Waals surface area contributed by atoms with Gasteiger partial charge in [-0.2, -0.15) is 5.26 Å². The van der Waals surface area contributed by atoms with E-state index in [0.717, 1.165) is 34.9 Å². The number of ether oxygens (including phenoxy) is 2. The molecule has 5 nitrogen and oxygen atoms in total. The molecule has 0 aliphatic heterocycles. The number of aryl methyl sites for hydroxylation is 1. The minimum Gasteiger partial charge on any atom is -0.494 e. The van der Waals surface area contributed by atoms with Gasteiger partial charge in [-0.1, -0.05) is 48.5 Å². The maximum absolute atomic E-state index is 11.6. The monoisotopic (exact) mass is 388 g/mol. The molecule has 0 saturated heterocycles. The van der Waals surface area contributed by atoms with E-state index in [1.54, 1.807) is 0 Å². The zero-order valence-electron chi connectivity index (χ0n) is 16.3. The van der Waals surface area contributed by atoms with Crippen LogP contribution in [0, 0.1) is 11.3 Å². The molecule has 0 saturated carbocycles. The molecule has 0 aliphatic rings. The molecule has 29 heavy (non-hydrogen) atoms. The highest BCUT2D eigenvalue weighted by Gasteiger charge is 2.04. The summed E-state index contributed by atoms with van der Waals surface area (Å²) in [5.74, 6) is 0.859. The molecule has 0 aromatic heterocycles. The van der Waals surface area contributed by atoms with Gasteiger partial charge in [0.15, 0.2) is 0 Å². The van der Waals surface area contributed by atoms with Crippen molar-refractivity contribution in [3.05, 3.63) is 77.9 Å². The van der Waals surface area contributed by atoms with Gasteiger partial charge in [-0.3, -0.25) is 0 Å². The largest absolute Gasteiger partial charge is 0.494 e. The minimum absolute atomic E-state index is 0.105. The van der Waals surface area contributed by atoms with Crippen LogP contribution >= 0.6 is 0 Å². The lowest BCUT2D eigenvalue weighted by Crippen LogP contribution is -2.24. The van der Waals surface area contributed by atoms with Gasteiger partial charge in [-0.15, -0.1) is 0 Å². The van der Waals surface area contributed by atoms with Gasteiger partial charge in [-0.05, 0) is 52.9 Å². The first-order valence-electron chi connectivity index (χ1n) is 9.71. The van der Waals surface area contributed by atoms with Crippen molar-refractivity contribution in [3.8, 4) is 11.8 Å². The van der Waals surface area contributed by atoms with Crippen LogP contribution in [0.4, 0.5) is 4.79 Å². The van der Waals surface area contributed by atoms with Crippen LogP contribution in [0.25, 0.3) is 10.8 Å². The maximum Gasteiger partial charge on any atom is 0.407 e. The van der Waals surface area contributed by atoms with Gasteiger partial charge in [0, 0.05) is 6.54 Å². The topological polar surface area (TPSA) is 71.3 Å². The highest BCUT2D eigenvalue weighted by molar-refractivity contribution is 5.84. The van der Waals surface area contributed by atoms with Crippen LogP contribution in [0.5, 0.6) is 5.75 Å². The summed E-state index contributed by atoms with van der Waals surface area (Å²) in [5.41, 5.74) is 2.30. The fourth-order valence-corrected chi connectivity index (χ4v) is 3.00. The summed E-state index contributed by atoms with van der Waals surface area (Å²) >= 11 is 0. The van der Waals surface area contributed by atoms with Gasteiger partial charge in [0.2, 0.25) is 0 Å². The van der Waals surface area contributed by atoms with Crippen LogP contribution in [0.2, 0.25) is 0 Å². The second-order valence-corrected chi connectivity index (χ2v) is 6.68. The van der Waals surface area contributed by atoms with Crippen molar-refractivity contribution in [2.75, 3.05) is 13.2 Å². The molecule has 0 spiro atoms. The number of hydrogen-bond acceptors (Lipinski definition) is 4. The van der Waals surface area contributed by atoms with Crippen LogP contribution in [0.15, 0.2) is 66.7 Å². The number of benzene rings is 3. The zero-order valence-corrected chi connectivity index (χ0v) is 16.3. The number of rotatable bonds is 9. The number of nitrogens with one attached hydrogen (secondary N) is 1. The van der Waals surface area contributed by atoms with Crippen molar-refractivity contribution in [2.24, 2.45) is 0 Å². The summed E-state index contributed by atoms with van der Waals surface area (Å²) in [6.07, 6.45) is 1.65. The first-order chi connectivity index (χ1) is 14.2. The summed E-state index contributed by atoms with van der Waals surface area (Å²) in [6.45, 7) is 1.16. The van der Waals surface area contributed by atoms with Gasteiger partial charge < -0.3 is 14.8 Å². The molecule has 0 bridgehead atoms. The molecule has 0 heterocycles. The second-order valence-electron chi connectivity index (χ2n) is 6.68. The van der Waals surface area contributed by atoms with Crippen LogP contribution in [0.3, 0.4) is 0 Å². The first-order valence-corrected chi connectivity index (χ1v) is 9.71. The van der Waals surface area contributed by atoms with Gasteiger partial charge in [0.25, 0.3) is 0 Å². The fraction of sp³-hybridized carbons (Fsp3) is 0.250. The quantitative estimate of drug-likeness (QED) is 0.524. The third-order valence-corrected chi connectivity index (χ3v) is 4.48. The van der Waals surface area contributed by atoms with E-state index >= 15 is 0 Å². The van der Waals surface area contributed by atoms with E-state index in [9.17, 15) is 4.79 Å². The standard InChI is InChI=1S/C24H24N2O3/c25-13-5-15-29-24(27)26-18-20-9-10-22-17-23(12-11-21(22)16-20)28-14-4-8-19-6-2-1-3-7-19/h1-3,6-7,9-12,16-17H,4-5,8,14-15,18H2,(H,26,27). The Labute approximate surface area is 170 Å². The highest BCUT2D eigenvalue weighted by Crippen LogP contribution is 2.22. The van der Waals surface area contributed by atoms with Crippen molar-refractivity contribution in [1.82, 2.24) is 5.32 Å². The predicted molar refractivity (Wildman–Crippen MR) is 113 cm³/mol. The summed E-state index contributed by atoms with van der Waals surface area (Å²) in [4.78, 5) is 11.6. The van der Waals surface area contributed by atoms with Crippen molar-refractivity contribution in [1.29, 1.82) is 5.26 Å². The fourth-order valence-electron chi connectivity index (χ4n) is 3.00. The number of alkyl carbamates (subject to hydrolysis) is 1. The number of nitriles is 1. The third kappa shape index (κ3) is 6.54. The van der Waals surface area contributed by atoms with E-state index in [0.29, 0.717) is 13.2 Å². The van der Waals surface area contributed by atoms with E-state index in [1.165, 1.54) is 5.56 Å². The Morgan fingerprint density at radius 3 is 2.55 bits per heavy atom. The van der Waals surface area contributed by atoms with Crippen LogP contribution in [-0.2, 0) is 17.7 Å². The van der Waals surface area contributed by atoms with Crippen molar-refractivity contribution >= 4 is 16.9 Å². The first kappa shape index (κ1) is 20.2. The number of hydrogen-bond donors (Lipinski definition) is 1. The molecule has 3 aromatic carbocycles. The predicted octanol–water partition coefficient (Wildman–Crippen LogP) is 4.99. The molecule has 0 atom stereocenters. The SMILES string of the molecule is N#CCCOC(=O)NCc1ccc2cc(OCCCc3ccccc3)ccc2c1. The molecule has 1 N–H and O–H groups in total. The normalized spacial score (nSPS) is 10.3. The van der Waals surface area contributed by atoms with E-state index in [-0.39, 0.29) is 13.0 Å². The molecule has 1 amide bonds. The number of fused-ring (bicyclic) bond motifs is 1. The Hall–Kier alpha value is -3.52. The smallest absolute Gasteiger partial charge is 0.407 e. The summed E-state index contributed by atoms with van der Waals surface area (Å²) in [5, 5.41) is 13.3. The van der Waals surface area contributed by atoms with Crippen molar-refractivity contribution in [3.63, 3.8) is 0 Å². The Bertz CT molecular complexity index is 980. The lowest BCUT2D eigenvalue weighted by molar-refractivity contribution is 0.148. The van der Waals surface area contributed by atoms with Crippen LogP contribution in [-0.4, -0.2) is 19.3 Å². The average Bonchev–Trinajstić information content (AvgIpc) is 2.76. The second kappa shape index (κ2) is 10.7. The molecule has 3 rings (SSSR count). The Kier molecular flexibility index (Phi) is 7.48.